The molecule has 1 aliphatic carbocycles. The second-order valence-corrected chi connectivity index (χ2v) is 8.02. The first kappa shape index (κ1) is 24.0. The van der Waals surface area contributed by atoms with E-state index in [1.54, 1.807) is 0 Å². The number of ether oxygens (including phenoxy) is 1. The van der Waals surface area contributed by atoms with E-state index in [-0.39, 0.29) is 30.2 Å². The quantitative estimate of drug-likeness (QED) is 0.535. The Morgan fingerprint density at radius 1 is 1.06 bits per heavy atom. The van der Waals surface area contributed by atoms with Crippen molar-refractivity contribution in [1.29, 1.82) is 0 Å². The number of nitrogens with two attached hydrogens (primary N) is 1. The molecule has 6 nitrogen and oxygen atoms in total. The van der Waals surface area contributed by atoms with Crippen molar-refractivity contribution in [3.8, 4) is 16.3 Å². The van der Waals surface area contributed by atoms with Crippen molar-refractivity contribution in [2.45, 2.75) is 37.8 Å². The molecule has 3 N–H and O–H groups in total. The van der Waals surface area contributed by atoms with E-state index in [1.807, 2.05) is 0 Å². The number of nitrogens with one attached hydrogen (secondary N) is 1. The van der Waals surface area contributed by atoms with Gasteiger partial charge in [0.15, 0.2) is 0 Å². The number of rotatable bonds is 5. The molecule has 0 saturated heterocycles. The van der Waals surface area contributed by atoms with E-state index in [9.17, 15) is 18.0 Å². The maximum absolute atomic E-state index is 14.2. The zero-order chi connectivity index (χ0) is 22.0. The van der Waals surface area contributed by atoms with E-state index in [2.05, 4.69) is 14.7 Å². The smallest absolute Gasteiger partial charge is 0.274 e. The summed E-state index contributed by atoms with van der Waals surface area (Å²) in [5, 5.41) is 3.06. The highest BCUT2D eigenvalue weighted by molar-refractivity contribution is 7.08. The highest BCUT2D eigenvalue weighted by Crippen LogP contribution is 2.33. The van der Waals surface area contributed by atoms with Crippen LogP contribution in [0.3, 0.4) is 0 Å². The Hall–Kier alpha value is -2.69. The summed E-state index contributed by atoms with van der Waals surface area (Å²) in [5.41, 5.74) is 4.83. The number of hydrogen-bond donors (Lipinski definition) is 2. The van der Waals surface area contributed by atoms with E-state index >= 15 is 0 Å². The van der Waals surface area contributed by atoms with Gasteiger partial charge in [0.1, 0.15) is 34.5 Å². The van der Waals surface area contributed by atoms with Gasteiger partial charge in [-0.15, -0.1) is 12.4 Å². The predicted octanol–water partition coefficient (Wildman–Crippen LogP) is 4.95. The fourth-order valence-electron chi connectivity index (χ4n) is 3.41. The van der Waals surface area contributed by atoms with E-state index in [0.717, 1.165) is 67.5 Å². The van der Waals surface area contributed by atoms with Gasteiger partial charge in [0.05, 0.1) is 17.9 Å². The summed E-state index contributed by atoms with van der Waals surface area (Å²) >= 11 is 1.09. The minimum Gasteiger partial charge on any atom is -0.478 e. The predicted molar refractivity (Wildman–Crippen MR) is 118 cm³/mol. The van der Waals surface area contributed by atoms with Crippen LogP contribution in [-0.4, -0.2) is 27.4 Å². The average Bonchev–Trinajstić information content (AvgIpc) is 3.17. The van der Waals surface area contributed by atoms with Crippen LogP contribution in [0.15, 0.2) is 36.5 Å². The molecule has 0 unspecified atom stereocenters. The standard InChI is InChI=1S/C21H19F3N4O2S.ClH/c22-13-2-1-3-14(23)18(13)19-15(24)8-9-16(27-19)20(29)28-17-10-26-31-21(17)30-12-6-4-11(25)5-7-12;/h1-3,8-12H,4-7,25H2,(H,28,29);1H. The number of halogens is 4. The Balaban J connectivity index is 0.00000289. The normalized spacial score (nSPS) is 18.0. The SMILES string of the molecule is Cl.NC1CCC(Oc2sncc2NC(=O)c2ccc(F)c(-c3c(F)cccc3F)n2)CC1. The Labute approximate surface area is 192 Å². The molecule has 1 aliphatic rings. The third-order valence-corrected chi connectivity index (χ3v) is 5.75. The lowest BCUT2D eigenvalue weighted by molar-refractivity contribution is 0.102. The molecule has 32 heavy (non-hydrogen) atoms. The van der Waals surface area contributed by atoms with Crippen molar-refractivity contribution < 1.29 is 22.7 Å². The molecule has 0 radical (unpaired) electrons. The van der Waals surface area contributed by atoms with Crippen LogP contribution in [0.2, 0.25) is 0 Å². The van der Waals surface area contributed by atoms with Crippen molar-refractivity contribution in [2.75, 3.05) is 5.32 Å². The van der Waals surface area contributed by atoms with Gasteiger partial charge in [0.25, 0.3) is 5.91 Å². The van der Waals surface area contributed by atoms with Crippen LogP contribution in [-0.2, 0) is 0 Å². The molecule has 170 valence electrons. The molecule has 11 heteroatoms. The first-order valence-electron chi connectivity index (χ1n) is 9.71. The van der Waals surface area contributed by atoms with Gasteiger partial charge < -0.3 is 15.8 Å². The maximum atomic E-state index is 14.2. The first-order valence-corrected chi connectivity index (χ1v) is 10.5. The molecule has 2 aromatic heterocycles. The van der Waals surface area contributed by atoms with Gasteiger partial charge in [0, 0.05) is 17.6 Å². The average molecular weight is 485 g/mol. The number of pyridine rings is 1. The van der Waals surface area contributed by atoms with Gasteiger partial charge in [-0.25, -0.2) is 18.2 Å². The molecule has 1 aromatic carbocycles. The highest BCUT2D eigenvalue weighted by Gasteiger charge is 2.23. The van der Waals surface area contributed by atoms with Crippen LogP contribution in [0, 0.1) is 17.5 Å². The van der Waals surface area contributed by atoms with Gasteiger partial charge in [-0.1, -0.05) is 6.07 Å². The number of carbonyl (C=O) groups is 1. The largest absolute Gasteiger partial charge is 0.478 e. The Kier molecular flexibility index (Phi) is 7.70. The topological polar surface area (TPSA) is 90.1 Å². The number of aromatic nitrogens is 2. The van der Waals surface area contributed by atoms with Crippen LogP contribution < -0.4 is 15.8 Å². The summed E-state index contributed by atoms with van der Waals surface area (Å²) in [6.45, 7) is 0. The molecule has 0 aliphatic heterocycles. The Morgan fingerprint density at radius 2 is 1.75 bits per heavy atom. The fraction of sp³-hybridized carbons (Fsp3) is 0.286. The van der Waals surface area contributed by atoms with E-state index in [4.69, 9.17) is 10.5 Å². The lowest BCUT2D eigenvalue weighted by Gasteiger charge is -2.26. The zero-order valence-corrected chi connectivity index (χ0v) is 18.3. The van der Waals surface area contributed by atoms with Crippen molar-refractivity contribution >= 4 is 35.5 Å². The van der Waals surface area contributed by atoms with Crippen LogP contribution in [0.25, 0.3) is 11.3 Å². The number of nitrogens with zero attached hydrogens (tertiary/aromatic N) is 2. The van der Waals surface area contributed by atoms with Gasteiger partial charge in [-0.2, -0.15) is 4.37 Å². The number of anilines is 1. The Morgan fingerprint density at radius 3 is 2.44 bits per heavy atom. The molecule has 1 amide bonds. The van der Waals surface area contributed by atoms with Crippen molar-refractivity contribution in [1.82, 2.24) is 9.36 Å². The van der Waals surface area contributed by atoms with E-state index in [0.29, 0.717) is 10.8 Å². The lowest BCUT2D eigenvalue weighted by Crippen LogP contribution is -2.31. The molecule has 1 fully saturated rings. The molecular weight excluding hydrogens is 465 g/mol. The zero-order valence-electron chi connectivity index (χ0n) is 16.7. The molecule has 1 saturated carbocycles. The summed E-state index contributed by atoms with van der Waals surface area (Å²) in [4.78, 5) is 16.5. The maximum Gasteiger partial charge on any atom is 0.274 e. The molecule has 4 rings (SSSR count). The second-order valence-electron chi connectivity index (χ2n) is 7.26. The van der Waals surface area contributed by atoms with Gasteiger partial charge in [0.2, 0.25) is 5.06 Å². The minimum absolute atomic E-state index is 0. The van der Waals surface area contributed by atoms with E-state index < -0.39 is 34.6 Å². The number of carbonyl (C=O) groups excluding carboxylic acids is 1. The van der Waals surface area contributed by atoms with Crippen LogP contribution in [0.4, 0.5) is 18.9 Å². The molecule has 0 atom stereocenters. The van der Waals surface area contributed by atoms with Crippen molar-refractivity contribution in [3.05, 3.63) is 59.7 Å². The summed E-state index contributed by atoms with van der Waals surface area (Å²) in [6.07, 6.45) is 4.76. The lowest BCUT2D eigenvalue weighted by atomic mass is 9.94. The third-order valence-electron chi connectivity index (χ3n) is 5.06. The summed E-state index contributed by atoms with van der Waals surface area (Å²) in [6, 6.07) is 5.40. The number of hydrogen-bond acceptors (Lipinski definition) is 6. The van der Waals surface area contributed by atoms with Crippen molar-refractivity contribution in [2.24, 2.45) is 5.73 Å². The summed E-state index contributed by atoms with van der Waals surface area (Å²) in [5.74, 6) is -3.59. The second kappa shape index (κ2) is 10.3. The third kappa shape index (κ3) is 5.20. The molecular formula is C21H20ClF3N4O2S. The van der Waals surface area contributed by atoms with Crippen molar-refractivity contribution in [3.63, 3.8) is 0 Å². The number of benzene rings is 1. The van der Waals surface area contributed by atoms with Gasteiger partial charge >= 0.3 is 0 Å². The molecule has 2 heterocycles. The minimum atomic E-state index is -0.978. The van der Waals surface area contributed by atoms with Crippen LogP contribution in [0.1, 0.15) is 36.2 Å². The first-order chi connectivity index (χ1) is 14.9. The van der Waals surface area contributed by atoms with Crippen LogP contribution in [0.5, 0.6) is 5.06 Å². The van der Waals surface area contributed by atoms with Crippen LogP contribution >= 0.6 is 23.9 Å². The monoisotopic (exact) mass is 484 g/mol. The highest BCUT2D eigenvalue weighted by atomic mass is 35.5. The molecule has 3 aromatic rings. The molecule has 0 bridgehead atoms. The van der Waals surface area contributed by atoms with Gasteiger partial charge in [-0.3, -0.25) is 4.79 Å². The van der Waals surface area contributed by atoms with Gasteiger partial charge in [-0.05, 0) is 49.9 Å². The molecule has 0 spiro atoms. The summed E-state index contributed by atoms with van der Waals surface area (Å²) < 4.78 is 52.4. The van der Waals surface area contributed by atoms with E-state index in [1.165, 1.54) is 6.20 Å². The fourth-order valence-corrected chi connectivity index (χ4v) is 4.04. The number of amides is 1. The summed E-state index contributed by atoms with van der Waals surface area (Å²) in [7, 11) is 0. The Bertz CT molecular complexity index is 1090.